The zero-order valence-electron chi connectivity index (χ0n) is 11.6. The van der Waals surface area contributed by atoms with Gasteiger partial charge in [0.25, 0.3) is 5.56 Å². The number of nitrogens with zero attached hydrogens (tertiary/aromatic N) is 2. The molecule has 102 valence electrons. The first-order valence-corrected chi connectivity index (χ1v) is 7.61. The van der Waals surface area contributed by atoms with Gasteiger partial charge in [-0.3, -0.25) is 4.79 Å². The molecule has 0 unspecified atom stereocenters. The van der Waals surface area contributed by atoms with E-state index in [1.807, 2.05) is 12.1 Å². The van der Waals surface area contributed by atoms with E-state index >= 15 is 0 Å². The number of benzene rings is 1. The number of hydrogen-bond acceptors (Lipinski definition) is 3. The van der Waals surface area contributed by atoms with Crippen molar-refractivity contribution < 1.29 is 0 Å². The molecule has 0 aliphatic heterocycles. The molecule has 0 fully saturated rings. The fourth-order valence-electron chi connectivity index (χ4n) is 2.49. The molecule has 0 spiro atoms. The molecule has 3 nitrogen and oxygen atoms in total. The van der Waals surface area contributed by atoms with Gasteiger partial charge in [-0.25, -0.2) is 8.94 Å². The monoisotopic (exact) mass is 284 g/mol. The van der Waals surface area contributed by atoms with Crippen LogP contribution < -0.4 is 5.56 Å². The van der Waals surface area contributed by atoms with E-state index in [2.05, 4.69) is 37.0 Å². The summed E-state index contributed by atoms with van der Waals surface area (Å²) in [6, 6.07) is 9.92. The molecular weight excluding hydrogens is 268 g/mol. The number of rotatable bonds is 3. The van der Waals surface area contributed by atoms with Crippen LogP contribution in [0.15, 0.2) is 41.3 Å². The molecule has 0 N–H and O–H groups in total. The Morgan fingerprint density at radius 1 is 1.10 bits per heavy atom. The Kier molecular flexibility index (Phi) is 3.40. The van der Waals surface area contributed by atoms with Crippen LogP contribution in [0.1, 0.15) is 25.0 Å². The highest BCUT2D eigenvalue weighted by Crippen LogP contribution is 2.25. The van der Waals surface area contributed by atoms with Gasteiger partial charge in [0.1, 0.15) is 4.83 Å². The van der Waals surface area contributed by atoms with E-state index in [1.54, 1.807) is 10.2 Å². The number of pyridine rings is 1. The van der Waals surface area contributed by atoms with Crippen LogP contribution in [-0.4, -0.2) is 8.94 Å². The first-order valence-electron chi connectivity index (χ1n) is 6.84. The lowest BCUT2D eigenvalue weighted by Crippen LogP contribution is -2.14. The van der Waals surface area contributed by atoms with Crippen LogP contribution in [0.25, 0.3) is 15.9 Å². The SMILES string of the molecule is CCc1cccc(CC)c1-n1sc2ncccc2c1=O. The van der Waals surface area contributed by atoms with Gasteiger partial charge in [0.15, 0.2) is 0 Å². The van der Waals surface area contributed by atoms with Gasteiger partial charge in [-0.2, -0.15) is 0 Å². The minimum absolute atomic E-state index is 0.0358. The highest BCUT2D eigenvalue weighted by atomic mass is 32.1. The Bertz CT molecular complexity index is 794. The van der Waals surface area contributed by atoms with Gasteiger partial charge in [-0.05, 0) is 47.6 Å². The number of aromatic nitrogens is 2. The van der Waals surface area contributed by atoms with E-state index in [4.69, 9.17) is 0 Å². The van der Waals surface area contributed by atoms with Gasteiger partial charge in [-0.1, -0.05) is 32.0 Å². The molecule has 4 heteroatoms. The van der Waals surface area contributed by atoms with Gasteiger partial charge in [-0.15, -0.1) is 0 Å². The highest BCUT2D eigenvalue weighted by molar-refractivity contribution is 7.13. The molecule has 3 aromatic rings. The van der Waals surface area contributed by atoms with Gasteiger partial charge >= 0.3 is 0 Å². The third-order valence-corrected chi connectivity index (χ3v) is 4.56. The second-order valence-corrected chi connectivity index (χ2v) is 5.61. The number of aryl methyl sites for hydroxylation is 2. The Hall–Kier alpha value is -1.94. The van der Waals surface area contributed by atoms with Crippen molar-refractivity contribution in [1.29, 1.82) is 0 Å². The van der Waals surface area contributed by atoms with Crippen molar-refractivity contribution in [3.05, 3.63) is 58.0 Å². The van der Waals surface area contributed by atoms with Crippen LogP contribution in [-0.2, 0) is 12.8 Å². The topological polar surface area (TPSA) is 34.9 Å². The average Bonchev–Trinajstić information content (AvgIpc) is 2.83. The molecule has 1 aromatic carbocycles. The summed E-state index contributed by atoms with van der Waals surface area (Å²) in [5, 5.41) is 0.699. The summed E-state index contributed by atoms with van der Waals surface area (Å²) in [6.07, 6.45) is 3.56. The summed E-state index contributed by atoms with van der Waals surface area (Å²) in [5.41, 5.74) is 3.50. The second-order valence-electron chi connectivity index (χ2n) is 4.68. The molecule has 0 aliphatic rings. The normalized spacial score (nSPS) is 11.1. The van der Waals surface area contributed by atoms with Crippen molar-refractivity contribution in [3.8, 4) is 5.69 Å². The maximum absolute atomic E-state index is 12.6. The third kappa shape index (κ3) is 1.96. The molecule has 20 heavy (non-hydrogen) atoms. The zero-order valence-corrected chi connectivity index (χ0v) is 12.4. The molecule has 0 bridgehead atoms. The minimum Gasteiger partial charge on any atom is -0.267 e. The Morgan fingerprint density at radius 3 is 2.40 bits per heavy atom. The van der Waals surface area contributed by atoms with Crippen molar-refractivity contribution in [2.24, 2.45) is 0 Å². The first kappa shape index (κ1) is 13.1. The van der Waals surface area contributed by atoms with Crippen molar-refractivity contribution in [3.63, 3.8) is 0 Å². The van der Waals surface area contributed by atoms with Crippen LogP contribution in [0.3, 0.4) is 0 Å². The molecule has 3 rings (SSSR count). The van der Waals surface area contributed by atoms with Gasteiger partial charge in [0.05, 0.1) is 11.1 Å². The lowest BCUT2D eigenvalue weighted by atomic mass is 10.0. The predicted molar refractivity (Wildman–Crippen MR) is 84.0 cm³/mol. The zero-order chi connectivity index (χ0) is 14.1. The fraction of sp³-hybridized carbons (Fsp3) is 0.250. The van der Waals surface area contributed by atoms with Crippen LogP contribution in [0.4, 0.5) is 0 Å². The smallest absolute Gasteiger partial charge is 0.267 e. The molecule has 0 atom stereocenters. The molecule has 0 amide bonds. The predicted octanol–water partition coefficient (Wildman–Crippen LogP) is 3.57. The Labute approximate surface area is 121 Å². The van der Waals surface area contributed by atoms with E-state index in [1.165, 1.54) is 22.7 Å². The summed E-state index contributed by atoms with van der Waals surface area (Å²) in [5.74, 6) is 0. The van der Waals surface area contributed by atoms with Gasteiger partial charge in [0, 0.05) is 6.20 Å². The van der Waals surface area contributed by atoms with Crippen LogP contribution in [0.5, 0.6) is 0 Å². The number of para-hydroxylation sites is 1. The van der Waals surface area contributed by atoms with Crippen molar-refractivity contribution in [2.45, 2.75) is 26.7 Å². The van der Waals surface area contributed by atoms with Crippen molar-refractivity contribution in [2.75, 3.05) is 0 Å². The van der Waals surface area contributed by atoms with Crippen molar-refractivity contribution in [1.82, 2.24) is 8.94 Å². The summed E-state index contributed by atoms with van der Waals surface area (Å²) in [7, 11) is 0. The summed E-state index contributed by atoms with van der Waals surface area (Å²) in [6.45, 7) is 4.24. The Balaban J connectivity index is 2.36. The van der Waals surface area contributed by atoms with E-state index in [-0.39, 0.29) is 5.56 Å². The second kappa shape index (κ2) is 5.21. The van der Waals surface area contributed by atoms with Crippen molar-refractivity contribution >= 4 is 21.7 Å². The number of hydrogen-bond donors (Lipinski definition) is 0. The molecule has 0 aliphatic carbocycles. The quantitative estimate of drug-likeness (QED) is 0.737. The highest BCUT2D eigenvalue weighted by Gasteiger charge is 2.14. The Morgan fingerprint density at radius 2 is 1.80 bits per heavy atom. The molecule has 0 radical (unpaired) electrons. The average molecular weight is 284 g/mol. The van der Waals surface area contributed by atoms with Crippen LogP contribution >= 0.6 is 11.5 Å². The third-order valence-electron chi connectivity index (χ3n) is 3.53. The summed E-state index contributed by atoms with van der Waals surface area (Å²) < 4.78 is 1.80. The van der Waals surface area contributed by atoms with Crippen LogP contribution in [0, 0.1) is 0 Å². The van der Waals surface area contributed by atoms with Gasteiger partial charge < -0.3 is 0 Å². The molecule has 2 heterocycles. The maximum Gasteiger partial charge on any atom is 0.274 e. The van der Waals surface area contributed by atoms with E-state index < -0.39 is 0 Å². The van der Waals surface area contributed by atoms with E-state index in [9.17, 15) is 4.79 Å². The number of fused-ring (bicyclic) bond motifs is 1. The maximum atomic E-state index is 12.6. The largest absolute Gasteiger partial charge is 0.274 e. The van der Waals surface area contributed by atoms with Gasteiger partial charge in [0.2, 0.25) is 0 Å². The van der Waals surface area contributed by atoms with E-state index in [0.29, 0.717) is 5.39 Å². The first-order chi connectivity index (χ1) is 9.76. The summed E-state index contributed by atoms with van der Waals surface area (Å²) >= 11 is 1.43. The minimum atomic E-state index is 0.0358. The molecular formula is C16H16N2OS. The summed E-state index contributed by atoms with van der Waals surface area (Å²) in [4.78, 5) is 17.7. The lowest BCUT2D eigenvalue weighted by molar-refractivity contribution is 1.00. The molecule has 2 aromatic heterocycles. The molecule has 0 saturated heterocycles. The van der Waals surface area contributed by atoms with E-state index in [0.717, 1.165) is 23.4 Å². The fourth-order valence-corrected chi connectivity index (χ4v) is 3.53. The standard InChI is InChI=1S/C16H16N2OS/c1-3-11-7-5-8-12(4-2)14(11)18-16(19)13-9-6-10-17-15(13)20-18/h5-10H,3-4H2,1-2H3. The lowest BCUT2D eigenvalue weighted by Gasteiger charge is -2.12. The molecule has 0 saturated carbocycles. The van der Waals surface area contributed by atoms with Crippen LogP contribution in [0.2, 0.25) is 0 Å².